The molecule has 0 spiro atoms. The van der Waals surface area contributed by atoms with E-state index < -0.39 is 17.2 Å². The van der Waals surface area contributed by atoms with Crippen molar-refractivity contribution in [1.82, 2.24) is 4.98 Å². The molecule has 0 bridgehead atoms. The zero-order chi connectivity index (χ0) is 14.2. The maximum absolute atomic E-state index is 12.5. The smallest absolute Gasteiger partial charge is 0.320 e. The monoisotopic (exact) mass is 350 g/mol. The highest BCUT2D eigenvalue weighted by molar-refractivity contribution is 9.10. The maximum Gasteiger partial charge on any atom is 0.443 e. The average molecular weight is 351 g/mol. The lowest BCUT2D eigenvalue weighted by Crippen LogP contribution is -2.11. The quantitative estimate of drug-likeness (QED) is 0.877. The molecule has 2 N–H and O–H groups in total. The fraction of sp³-hybridized carbons (Fsp3) is 0.250. The molecule has 0 amide bonds. The lowest BCUT2D eigenvalue weighted by molar-refractivity contribution is -0.137. The van der Waals surface area contributed by atoms with Crippen molar-refractivity contribution in [3.8, 4) is 0 Å². The van der Waals surface area contributed by atoms with E-state index in [1.165, 1.54) is 6.20 Å². The van der Waals surface area contributed by atoms with Gasteiger partial charge in [0.15, 0.2) is 5.01 Å². The molecule has 1 unspecified atom stereocenters. The number of nitrogens with two attached hydrogens (primary N) is 1. The second-order valence-electron chi connectivity index (χ2n) is 4.07. The van der Waals surface area contributed by atoms with Crippen LogP contribution in [0.4, 0.5) is 13.2 Å². The lowest BCUT2D eigenvalue weighted by Gasteiger charge is -2.12. The van der Waals surface area contributed by atoms with Crippen LogP contribution in [0, 0.1) is 6.92 Å². The van der Waals surface area contributed by atoms with Crippen LogP contribution in [0.5, 0.6) is 0 Å². The molecule has 2 nitrogen and oxygen atoms in total. The Hall–Kier alpha value is -0.920. The molecule has 0 aliphatic heterocycles. The van der Waals surface area contributed by atoms with E-state index in [9.17, 15) is 13.2 Å². The summed E-state index contributed by atoms with van der Waals surface area (Å²) in [5.41, 5.74) is 7.78. The van der Waals surface area contributed by atoms with Gasteiger partial charge in [0.25, 0.3) is 0 Å². The van der Waals surface area contributed by atoms with Crippen LogP contribution < -0.4 is 5.73 Å². The first kappa shape index (κ1) is 14.5. The number of rotatable bonds is 2. The van der Waals surface area contributed by atoms with Gasteiger partial charge in [0.1, 0.15) is 0 Å². The SMILES string of the molecule is Cc1ccc(C(N)c2cnc(C(F)(F)F)s2)c(Br)c1. The summed E-state index contributed by atoms with van der Waals surface area (Å²) in [5, 5.41) is -0.874. The fourth-order valence-electron chi connectivity index (χ4n) is 1.60. The van der Waals surface area contributed by atoms with Crippen molar-refractivity contribution in [1.29, 1.82) is 0 Å². The molecular formula is C12H10BrF3N2S. The Morgan fingerprint density at radius 2 is 2.05 bits per heavy atom. The van der Waals surface area contributed by atoms with Crippen molar-refractivity contribution in [3.63, 3.8) is 0 Å². The van der Waals surface area contributed by atoms with E-state index in [0.717, 1.165) is 15.6 Å². The Morgan fingerprint density at radius 1 is 1.37 bits per heavy atom. The summed E-state index contributed by atoms with van der Waals surface area (Å²) in [7, 11) is 0. The standard InChI is InChI=1S/C12H10BrF3N2S/c1-6-2-3-7(8(13)4-6)10(17)9-5-18-11(19-9)12(14,15)16/h2-5,10H,17H2,1H3. The molecule has 2 aromatic rings. The number of hydrogen-bond donors (Lipinski definition) is 1. The van der Waals surface area contributed by atoms with E-state index in [4.69, 9.17) is 5.73 Å². The van der Waals surface area contributed by atoms with Crippen molar-refractivity contribution in [2.45, 2.75) is 19.1 Å². The Labute approximate surface area is 120 Å². The van der Waals surface area contributed by atoms with Gasteiger partial charge in [-0.1, -0.05) is 28.1 Å². The first-order valence-electron chi connectivity index (χ1n) is 5.33. The summed E-state index contributed by atoms with van der Waals surface area (Å²) in [4.78, 5) is 3.77. The van der Waals surface area contributed by atoms with Gasteiger partial charge in [-0.2, -0.15) is 13.2 Å². The molecule has 7 heteroatoms. The molecule has 0 saturated heterocycles. The normalized spacial score (nSPS) is 13.6. The van der Waals surface area contributed by atoms with Gasteiger partial charge in [-0.25, -0.2) is 4.98 Å². The van der Waals surface area contributed by atoms with E-state index in [1.54, 1.807) is 6.07 Å². The van der Waals surface area contributed by atoms with Crippen LogP contribution in [0.15, 0.2) is 28.9 Å². The van der Waals surface area contributed by atoms with Crippen molar-refractivity contribution in [2.24, 2.45) is 5.73 Å². The van der Waals surface area contributed by atoms with Gasteiger partial charge in [-0.15, -0.1) is 11.3 Å². The Morgan fingerprint density at radius 3 is 2.58 bits per heavy atom. The zero-order valence-electron chi connectivity index (χ0n) is 9.83. The van der Waals surface area contributed by atoms with Gasteiger partial charge in [0, 0.05) is 15.5 Å². The van der Waals surface area contributed by atoms with Crippen molar-refractivity contribution >= 4 is 27.3 Å². The number of alkyl halides is 3. The molecule has 1 atom stereocenters. The van der Waals surface area contributed by atoms with Crippen molar-refractivity contribution in [3.05, 3.63) is 49.9 Å². The fourth-order valence-corrected chi connectivity index (χ4v) is 3.14. The third-order valence-electron chi connectivity index (χ3n) is 2.56. The Balaban J connectivity index is 2.34. The number of thiazole rings is 1. The summed E-state index contributed by atoms with van der Waals surface area (Å²) < 4.78 is 38.3. The van der Waals surface area contributed by atoms with Gasteiger partial charge in [0.2, 0.25) is 0 Å². The van der Waals surface area contributed by atoms with Crippen LogP contribution in [0.3, 0.4) is 0 Å². The molecule has 19 heavy (non-hydrogen) atoms. The average Bonchev–Trinajstić information content (AvgIpc) is 2.76. The van der Waals surface area contributed by atoms with Crippen LogP contribution >= 0.6 is 27.3 Å². The highest BCUT2D eigenvalue weighted by Gasteiger charge is 2.35. The minimum atomic E-state index is -4.42. The molecule has 1 heterocycles. The summed E-state index contributed by atoms with van der Waals surface area (Å²) in [6.45, 7) is 1.93. The van der Waals surface area contributed by atoms with E-state index in [2.05, 4.69) is 20.9 Å². The van der Waals surface area contributed by atoms with Crippen LogP contribution in [-0.4, -0.2) is 4.98 Å². The second-order valence-corrected chi connectivity index (χ2v) is 5.98. The number of hydrogen-bond acceptors (Lipinski definition) is 3. The highest BCUT2D eigenvalue weighted by Crippen LogP contribution is 2.36. The summed E-state index contributed by atoms with van der Waals surface area (Å²) in [6.07, 6.45) is -3.24. The molecule has 0 saturated carbocycles. The van der Waals surface area contributed by atoms with Crippen LogP contribution in [0.1, 0.15) is 27.1 Å². The zero-order valence-corrected chi connectivity index (χ0v) is 12.2. The number of benzene rings is 1. The summed E-state index contributed by atoms with van der Waals surface area (Å²) >= 11 is 3.95. The molecule has 2 rings (SSSR count). The predicted molar refractivity (Wildman–Crippen MR) is 72.0 cm³/mol. The molecule has 1 aromatic heterocycles. The number of halogens is 4. The third kappa shape index (κ3) is 3.16. The van der Waals surface area contributed by atoms with Gasteiger partial charge in [0.05, 0.1) is 6.04 Å². The molecule has 0 radical (unpaired) electrons. The second kappa shape index (κ2) is 5.22. The van der Waals surface area contributed by atoms with Crippen molar-refractivity contribution < 1.29 is 13.2 Å². The molecule has 0 aliphatic carbocycles. The van der Waals surface area contributed by atoms with Crippen molar-refractivity contribution in [2.75, 3.05) is 0 Å². The molecule has 0 aliphatic rings. The molecular weight excluding hydrogens is 341 g/mol. The topological polar surface area (TPSA) is 38.9 Å². The van der Waals surface area contributed by atoms with Crippen LogP contribution in [-0.2, 0) is 6.18 Å². The van der Waals surface area contributed by atoms with E-state index >= 15 is 0 Å². The van der Waals surface area contributed by atoms with Gasteiger partial charge in [-0.3, -0.25) is 0 Å². The van der Waals surface area contributed by atoms with E-state index in [1.807, 2.05) is 19.1 Å². The predicted octanol–water partition coefficient (Wildman–Crippen LogP) is 4.28. The maximum atomic E-state index is 12.5. The third-order valence-corrected chi connectivity index (χ3v) is 4.38. The lowest BCUT2D eigenvalue weighted by atomic mass is 10.1. The van der Waals surface area contributed by atoms with Gasteiger partial charge in [-0.05, 0) is 24.1 Å². The van der Waals surface area contributed by atoms with E-state index in [0.29, 0.717) is 16.2 Å². The Bertz CT molecular complexity index is 595. The van der Waals surface area contributed by atoms with Crippen LogP contribution in [0.25, 0.3) is 0 Å². The molecule has 0 fully saturated rings. The summed E-state index contributed by atoms with van der Waals surface area (Å²) in [5.74, 6) is 0. The first-order chi connectivity index (χ1) is 8.79. The van der Waals surface area contributed by atoms with Gasteiger partial charge < -0.3 is 5.73 Å². The van der Waals surface area contributed by atoms with Gasteiger partial charge >= 0.3 is 6.18 Å². The number of aromatic nitrogens is 1. The van der Waals surface area contributed by atoms with E-state index in [-0.39, 0.29) is 0 Å². The largest absolute Gasteiger partial charge is 0.443 e. The highest BCUT2D eigenvalue weighted by atomic mass is 79.9. The van der Waals surface area contributed by atoms with Crippen LogP contribution in [0.2, 0.25) is 0 Å². The number of nitrogens with zero attached hydrogens (tertiary/aromatic N) is 1. The minimum absolute atomic E-state index is 0.386. The summed E-state index contributed by atoms with van der Waals surface area (Å²) in [6, 6.07) is 4.92. The molecule has 102 valence electrons. The minimum Gasteiger partial charge on any atom is -0.320 e. The Kier molecular flexibility index (Phi) is 3.98. The number of aryl methyl sites for hydroxylation is 1. The first-order valence-corrected chi connectivity index (χ1v) is 6.94. The molecule has 1 aromatic carbocycles.